The third kappa shape index (κ3) is 1.94. The lowest BCUT2D eigenvalue weighted by Gasteiger charge is -2.04. The van der Waals surface area contributed by atoms with Crippen molar-refractivity contribution in [1.29, 1.82) is 5.26 Å². The van der Waals surface area contributed by atoms with E-state index in [0.29, 0.717) is 5.56 Å². The highest BCUT2D eigenvalue weighted by Crippen LogP contribution is 2.21. The molecule has 0 radical (unpaired) electrons. The summed E-state index contributed by atoms with van der Waals surface area (Å²) in [4.78, 5) is 0. The molecule has 0 aliphatic heterocycles. The summed E-state index contributed by atoms with van der Waals surface area (Å²) < 4.78 is 30.2. The van der Waals surface area contributed by atoms with Crippen molar-refractivity contribution >= 4 is 0 Å². The Kier molecular flexibility index (Phi) is 2.80. The molecule has 0 aliphatic rings. The van der Waals surface area contributed by atoms with Crippen molar-refractivity contribution in [3.8, 4) is 11.8 Å². The van der Waals surface area contributed by atoms with Gasteiger partial charge in [0, 0.05) is 0 Å². The Morgan fingerprint density at radius 3 is 2.69 bits per heavy atom. The largest absolute Gasteiger partial charge is 0.494 e. The molecule has 0 N–H and O–H groups in total. The first kappa shape index (κ1) is 9.46. The van der Waals surface area contributed by atoms with Gasteiger partial charge in [-0.1, -0.05) is 0 Å². The van der Waals surface area contributed by atoms with E-state index in [4.69, 9.17) is 5.26 Å². The Balaban J connectivity index is 3.16. The van der Waals surface area contributed by atoms with E-state index in [2.05, 4.69) is 4.74 Å². The number of nitrogens with zero attached hydrogens (tertiary/aromatic N) is 1. The smallest absolute Gasteiger partial charge is 0.200 e. The van der Waals surface area contributed by atoms with Gasteiger partial charge >= 0.3 is 0 Å². The molecular weight excluding hydrogens is 176 g/mol. The van der Waals surface area contributed by atoms with E-state index in [9.17, 15) is 8.78 Å². The van der Waals surface area contributed by atoms with Crippen LogP contribution in [0.25, 0.3) is 0 Å². The summed E-state index contributed by atoms with van der Waals surface area (Å²) in [5.41, 5.74) is 0.401. The number of benzene rings is 1. The Hall–Kier alpha value is -1.63. The van der Waals surface area contributed by atoms with Crippen molar-refractivity contribution in [2.24, 2.45) is 0 Å². The number of hydrogen-bond acceptors (Lipinski definition) is 2. The van der Waals surface area contributed by atoms with Crippen molar-refractivity contribution < 1.29 is 13.5 Å². The Morgan fingerprint density at radius 2 is 2.15 bits per heavy atom. The fourth-order valence-corrected chi connectivity index (χ4v) is 0.959. The molecule has 0 atom stereocenters. The Bertz CT molecular complexity index is 357. The van der Waals surface area contributed by atoms with Gasteiger partial charge in [-0.3, -0.25) is 0 Å². The van der Waals surface area contributed by atoms with Gasteiger partial charge in [-0.15, -0.1) is 0 Å². The summed E-state index contributed by atoms with van der Waals surface area (Å²) in [7, 11) is 1.24. The van der Waals surface area contributed by atoms with E-state index in [1.807, 2.05) is 6.07 Å². The highest BCUT2D eigenvalue weighted by Gasteiger charge is 2.10. The molecule has 0 unspecified atom stereocenters. The topological polar surface area (TPSA) is 33.0 Å². The number of ether oxygens (including phenoxy) is 1. The molecule has 68 valence electrons. The molecule has 2 nitrogen and oxygen atoms in total. The van der Waals surface area contributed by atoms with Gasteiger partial charge in [0.05, 0.1) is 19.6 Å². The minimum absolute atomic E-state index is 0.0353. The SMILES string of the molecule is COc1cc(CC#N)cc(F)c1F. The predicted molar refractivity (Wildman–Crippen MR) is 42.2 cm³/mol. The summed E-state index contributed by atoms with van der Waals surface area (Å²) in [5.74, 6) is -2.20. The van der Waals surface area contributed by atoms with Crippen LogP contribution in [0, 0.1) is 23.0 Å². The van der Waals surface area contributed by atoms with Crippen LogP contribution < -0.4 is 4.74 Å². The first-order valence-corrected chi connectivity index (χ1v) is 3.58. The van der Waals surface area contributed by atoms with E-state index < -0.39 is 11.6 Å². The average molecular weight is 183 g/mol. The second kappa shape index (κ2) is 3.85. The van der Waals surface area contributed by atoms with Gasteiger partial charge in [0.2, 0.25) is 5.82 Å². The van der Waals surface area contributed by atoms with Crippen molar-refractivity contribution in [3.05, 3.63) is 29.3 Å². The molecule has 0 saturated heterocycles. The fraction of sp³-hybridized carbons (Fsp3) is 0.222. The predicted octanol–water partition coefficient (Wildman–Crippen LogP) is 2.04. The number of methoxy groups -OCH3 is 1. The van der Waals surface area contributed by atoms with Crippen LogP contribution in [0.5, 0.6) is 5.75 Å². The lowest BCUT2D eigenvalue weighted by Crippen LogP contribution is -1.94. The zero-order chi connectivity index (χ0) is 9.84. The molecule has 1 aromatic carbocycles. The molecule has 0 fully saturated rings. The minimum Gasteiger partial charge on any atom is -0.494 e. The van der Waals surface area contributed by atoms with Crippen LogP contribution in [0.1, 0.15) is 5.56 Å². The molecule has 4 heteroatoms. The van der Waals surface area contributed by atoms with Crippen LogP contribution >= 0.6 is 0 Å². The van der Waals surface area contributed by atoms with E-state index >= 15 is 0 Å². The quantitative estimate of drug-likeness (QED) is 0.702. The molecule has 1 aromatic rings. The number of halogens is 2. The second-order valence-corrected chi connectivity index (χ2v) is 2.43. The number of nitriles is 1. The van der Waals surface area contributed by atoms with Crippen LogP contribution in [-0.2, 0) is 6.42 Å². The number of rotatable bonds is 2. The molecule has 0 bridgehead atoms. The normalized spacial score (nSPS) is 9.38. The van der Waals surface area contributed by atoms with Crippen LogP contribution in [0.2, 0.25) is 0 Å². The molecule has 0 saturated carbocycles. The van der Waals surface area contributed by atoms with Gasteiger partial charge < -0.3 is 4.74 Å². The Labute approximate surface area is 74.4 Å². The third-order valence-electron chi connectivity index (χ3n) is 1.56. The Morgan fingerprint density at radius 1 is 1.46 bits per heavy atom. The van der Waals surface area contributed by atoms with Crippen molar-refractivity contribution in [3.63, 3.8) is 0 Å². The van der Waals surface area contributed by atoms with Crippen molar-refractivity contribution in [2.75, 3.05) is 7.11 Å². The van der Waals surface area contributed by atoms with E-state index in [1.54, 1.807) is 0 Å². The van der Waals surface area contributed by atoms with E-state index in [-0.39, 0.29) is 12.2 Å². The molecular formula is C9H7F2NO. The third-order valence-corrected chi connectivity index (χ3v) is 1.56. The lowest BCUT2D eigenvalue weighted by molar-refractivity contribution is 0.371. The summed E-state index contributed by atoms with van der Waals surface area (Å²) in [5, 5.41) is 8.34. The standard InChI is InChI=1S/C9H7F2NO/c1-13-8-5-6(2-3-12)4-7(10)9(8)11/h4-5H,2H2,1H3. The molecule has 0 aliphatic carbocycles. The maximum atomic E-state index is 12.8. The molecule has 0 amide bonds. The summed E-state index contributed by atoms with van der Waals surface area (Å²) in [6.45, 7) is 0. The molecule has 0 spiro atoms. The highest BCUT2D eigenvalue weighted by molar-refractivity contribution is 5.32. The van der Waals surface area contributed by atoms with Gasteiger partial charge in [-0.05, 0) is 17.7 Å². The van der Waals surface area contributed by atoms with Crippen LogP contribution in [0.15, 0.2) is 12.1 Å². The highest BCUT2D eigenvalue weighted by atomic mass is 19.2. The van der Waals surface area contributed by atoms with Gasteiger partial charge in [0.15, 0.2) is 11.6 Å². The van der Waals surface area contributed by atoms with E-state index in [1.165, 1.54) is 13.2 Å². The second-order valence-electron chi connectivity index (χ2n) is 2.43. The minimum atomic E-state index is -1.02. The molecule has 0 aromatic heterocycles. The first-order chi connectivity index (χ1) is 6.19. The molecule has 1 rings (SSSR count). The maximum Gasteiger partial charge on any atom is 0.200 e. The zero-order valence-corrected chi connectivity index (χ0v) is 6.97. The van der Waals surface area contributed by atoms with Gasteiger partial charge in [-0.25, -0.2) is 4.39 Å². The summed E-state index contributed by atoms with van der Waals surface area (Å²) >= 11 is 0. The lowest BCUT2D eigenvalue weighted by atomic mass is 10.1. The maximum absolute atomic E-state index is 12.8. The van der Waals surface area contributed by atoms with Gasteiger partial charge in [0.1, 0.15) is 0 Å². The van der Waals surface area contributed by atoms with Crippen LogP contribution in [-0.4, -0.2) is 7.11 Å². The van der Waals surface area contributed by atoms with Crippen molar-refractivity contribution in [1.82, 2.24) is 0 Å². The summed E-state index contributed by atoms with van der Waals surface area (Å²) in [6.07, 6.45) is 0.0353. The average Bonchev–Trinajstić information content (AvgIpc) is 2.11. The fourth-order valence-electron chi connectivity index (χ4n) is 0.959. The van der Waals surface area contributed by atoms with Crippen molar-refractivity contribution in [2.45, 2.75) is 6.42 Å². The molecule has 0 heterocycles. The molecule has 13 heavy (non-hydrogen) atoms. The number of hydrogen-bond donors (Lipinski definition) is 0. The summed E-state index contributed by atoms with van der Waals surface area (Å²) in [6, 6.07) is 4.13. The van der Waals surface area contributed by atoms with Gasteiger partial charge in [-0.2, -0.15) is 9.65 Å². The monoisotopic (exact) mass is 183 g/mol. The van der Waals surface area contributed by atoms with Crippen LogP contribution in [0.3, 0.4) is 0 Å². The first-order valence-electron chi connectivity index (χ1n) is 3.58. The van der Waals surface area contributed by atoms with E-state index in [0.717, 1.165) is 6.07 Å². The van der Waals surface area contributed by atoms with Gasteiger partial charge in [0.25, 0.3) is 0 Å². The zero-order valence-electron chi connectivity index (χ0n) is 6.97. The van der Waals surface area contributed by atoms with Crippen LogP contribution in [0.4, 0.5) is 8.78 Å².